The second-order valence-corrected chi connectivity index (χ2v) is 7.82. The van der Waals surface area contributed by atoms with Crippen molar-refractivity contribution in [2.24, 2.45) is 0 Å². The first-order valence-corrected chi connectivity index (χ1v) is 9.99. The molecule has 1 aromatic carbocycles. The van der Waals surface area contributed by atoms with Gasteiger partial charge in [-0.05, 0) is 30.9 Å². The molecule has 0 atom stereocenters. The topological polar surface area (TPSA) is 107 Å². The van der Waals surface area contributed by atoms with E-state index >= 15 is 0 Å². The van der Waals surface area contributed by atoms with Crippen molar-refractivity contribution in [2.45, 2.75) is 57.7 Å². The Hall–Kier alpha value is -3.16. The summed E-state index contributed by atoms with van der Waals surface area (Å²) >= 11 is 0. The van der Waals surface area contributed by atoms with Gasteiger partial charge in [0.25, 0.3) is 11.8 Å². The zero-order valence-electron chi connectivity index (χ0n) is 16.5. The van der Waals surface area contributed by atoms with Gasteiger partial charge >= 0.3 is 6.03 Å². The molecule has 3 N–H and O–H groups in total. The normalized spacial score (nSPS) is 18.2. The minimum atomic E-state index is -0.725. The lowest BCUT2D eigenvalue weighted by molar-refractivity contribution is -0.132. The monoisotopic (exact) mass is 395 g/mol. The molecule has 1 aliphatic heterocycles. The van der Waals surface area contributed by atoms with Gasteiger partial charge in [-0.1, -0.05) is 43.5 Å². The molecule has 2 fully saturated rings. The summed E-state index contributed by atoms with van der Waals surface area (Å²) in [4.78, 5) is 39.3. The minimum absolute atomic E-state index is 0.130. The molecule has 29 heavy (non-hydrogen) atoms. The number of aromatic nitrogens is 2. The maximum Gasteiger partial charge on any atom is 0.325 e. The highest BCUT2D eigenvalue weighted by Crippen LogP contribution is 2.34. The average molecular weight is 395 g/mol. The van der Waals surface area contributed by atoms with Crippen LogP contribution < -0.4 is 10.6 Å². The highest BCUT2D eigenvalue weighted by molar-refractivity contribution is 6.07. The summed E-state index contributed by atoms with van der Waals surface area (Å²) in [6, 6.07) is 7.20. The lowest BCUT2D eigenvalue weighted by Gasteiger charge is -2.30. The van der Waals surface area contributed by atoms with Crippen molar-refractivity contribution < 1.29 is 14.4 Å². The summed E-state index contributed by atoms with van der Waals surface area (Å²) in [5.41, 5.74) is 2.18. The Labute approximate surface area is 169 Å². The first kappa shape index (κ1) is 19.2. The van der Waals surface area contributed by atoms with Gasteiger partial charge in [0.1, 0.15) is 5.54 Å². The number of imide groups is 1. The van der Waals surface area contributed by atoms with Crippen LogP contribution in [0.3, 0.4) is 0 Å². The van der Waals surface area contributed by atoms with Crippen LogP contribution in [0.4, 0.5) is 4.79 Å². The van der Waals surface area contributed by atoms with Crippen LogP contribution in [0.15, 0.2) is 30.5 Å². The first-order chi connectivity index (χ1) is 14.0. The van der Waals surface area contributed by atoms with Gasteiger partial charge in [-0.2, -0.15) is 5.10 Å². The molecule has 8 heteroatoms. The Morgan fingerprint density at radius 3 is 2.59 bits per heavy atom. The number of hydrogen-bond acceptors (Lipinski definition) is 4. The lowest BCUT2D eigenvalue weighted by atomic mass is 9.81. The highest BCUT2D eigenvalue weighted by atomic mass is 16.2. The second-order valence-electron chi connectivity index (χ2n) is 7.82. The molecule has 0 unspecified atom stereocenters. The maximum atomic E-state index is 13.0. The van der Waals surface area contributed by atoms with Crippen LogP contribution in [0.5, 0.6) is 0 Å². The van der Waals surface area contributed by atoms with Gasteiger partial charge in [0, 0.05) is 12.2 Å². The number of hydrogen-bond donors (Lipinski definition) is 3. The SMILES string of the molecule is Cc1[nH]ncc1C(=O)NCc1ccccc1CN1C(=O)NC2(CCCCC2)C1=O. The summed E-state index contributed by atoms with van der Waals surface area (Å²) in [7, 11) is 0. The van der Waals surface area contributed by atoms with Crippen molar-refractivity contribution in [3.05, 3.63) is 52.8 Å². The number of urea groups is 1. The van der Waals surface area contributed by atoms with Crippen molar-refractivity contribution >= 4 is 17.8 Å². The largest absolute Gasteiger partial charge is 0.348 e. The Morgan fingerprint density at radius 2 is 1.90 bits per heavy atom. The molecule has 1 aromatic heterocycles. The first-order valence-electron chi connectivity index (χ1n) is 9.99. The molecule has 152 valence electrons. The number of rotatable bonds is 5. The van der Waals surface area contributed by atoms with Gasteiger partial charge in [-0.25, -0.2) is 4.79 Å². The van der Waals surface area contributed by atoms with E-state index < -0.39 is 5.54 Å². The van der Waals surface area contributed by atoms with E-state index in [1.54, 1.807) is 6.92 Å². The number of nitrogens with one attached hydrogen (secondary N) is 3. The van der Waals surface area contributed by atoms with Crippen molar-refractivity contribution in [1.82, 2.24) is 25.7 Å². The molecule has 1 spiro atoms. The third-order valence-corrected chi connectivity index (χ3v) is 5.91. The van der Waals surface area contributed by atoms with Crippen LogP contribution in [0.25, 0.3) is 0 Å². The number of aryl methyl sites for hydroxylation is 1. The van der Waals surface area contributed by atoms with Crippen LogP contribution in [0.1, 0.15) is 59.3 Å². The Kier molecular flexibility index (Phi) is 5.08. The van der Waals surface area contributed by atoms with Gasteiger partial charge in [0.05, 0.1) is 18.3 Å². The van der Waals surface area contributed by atoms with Crippen LogP contribution in [0, 0.1) is 6.92 Å². The number of carbonyl (C=O) groups is 3. The van der Waals surface area contributed by atoms with E-state index in [1.165, 1.54) is 11.1 Å². The number of benzene rings is 1. The average Bonchev–Trinajstić information content (AvgIpc) is 3.25. The summed E-state index contributed by atoms with van der Waals surface area (Å²) in [5.74, 6) is -0.350. The smallest absolute Gasteiger partial charge is 0.325 e. The van der Waals surface area contributed by atoms with Gasteiger partial charge in [-0.3, -0.25) is 19.6 Å². The fourth-order valence-corrected chi connectivity index (χ4v) is 4.22. The quantitative estimate of drug-likeness (QED) is 0.676. The van der Waals surface area contributed by atoms with E-state index in [1.807, 2.05) is 24.3 Å². The molecule has 2 aromatic rings. The van der Waals surface area contributed by atoms with E-state index in [9.17, 15) is 14.4 Å². The van der Waals surface area contributed by atoms with Crippen molar-refractivity contribution in [2.75, 3.05) is 0 Å². The van der Waals surface area contributed by atoms with Gasteiger partial charge in [0.15, 0.2) is 0 Å². The predicted octanol–water partition coefficient (Wildman–Crippen LogP) is 2.40. The van der Waals surface area contributed by atoms with Crippen LogP contribution >= 0.6 is 0 Å². The molecule has 0 radical (unpaired) electrons. The van der Waals surface area contributed by atoms with E-state index in [0.717, 1.165) is 30.4 Å². The Bertz CT molecular complexity index is 945. The fourth-order valence-electron chi connectivity index (χ4n) is 4.22. The summed E-state index contributed by atoms with van der Waals surface area (Å²) in [6.45, 7) is 2.28. The van der Waals surface area contributed by atoms with E-state index in [2.05, 4.69) is 20.8 Å². The number of amides is 4. The highest BCUT2D eigenvalue weighted by Gasteiger charge is 2.51. The zero-order chi connectivity index (χ0) is 20.4. The Morgan fingerprint density at radius 1 is 1.17 bits per heavy atom. The third-order valence-electron chi connectivity index (χ3n) is 5.91. The minimum Gasteiger partial charge on any atom is -0.348 e. The molecule has 0 bridgehead atoms. The predicted molar refractivity (Wildman–Crippen MR) is 106 cm³/mol. The summed E-state index contributed by atoms with van der Waals surface area (Å²) in [6.07, 6.45) is 5.91. The fraction of sp³-hybridized carbons (Fsp3) is 0.429. The van der Waals surface area contributed by atoms with Gasteiger partial charge in [0.2, 0.25) is 0 Å². The van der Waals surface area contributed by atoms with E-state index in [0.29, 0.717) is 30.6 Å². The third kappa shape index (κ3) is 3.62. The summed E-state index contributed by atoms with van der Waals surface area (Å²) < 4.78 is 0. The van der Waals surface area contributed by atoms with E-state index in [-0.39, 0.29) is 24.4 Å². The van der Waals surface area contributed by atoms with Crippen molar-refractivity contribution in [3.63, 3.8) is 0 Å². The molecule has 2 aliphatic rings. The lowest BCUT2D eigenvalue weighted by Crippen LogP contribution is -2.48. The van der Waals surface area contributed by atoms with Crippen LogP contribution in [0.2, 0.25) is 0 Å². The molecule has 1 aliphatic carbocycles. The van der Waals surface area contributed by atoms with E-state index in [4.69, 9.17) is 0 Å². The number of carbonyl (C=O) groups excluding carboxylic acids is 3. The standard InChI is InChI=1S/C21H25N5O3/c1-14-17(12-23-25-14)18(27)22-11-15-7-3-4-8-16(15)13-26-19(28)21(24-20(26)29)9-5-2-6-10-21/h3-4,7-8,12H,2,5-6,9-11,13H2,1H3,(H,22,27)(H,23,25)(H,24,29). The zero-order valence-corrected chi connectivity index (χ0v) is 16.5. The Balaban J connectivity index is 1.47. The molecule has 1 saturated heterocycles. The molecule has 1 saturated carbocycles. The molecule has 8 nitrogen and oxygen atoms in total. The van der Waals surface area contributed by atoms with Crippen molar-refractivity contribution in [1.29, 1.82) is 0 Å². The molecular formula is C21H25N5O3. The van der Waals surface area contributed by atoms with Crippen molar-refractivity contribution in [3.8, 4) is 0 Å². The maximum absolute atomic E-state index is 13.0. The number of nitrogens with zero attached hydrogens (tertiary/aromatic N) is 2. The van der Waals surface area contributed by atoms with Gasteiger partial charge in [-0.15, -0.1) is 0 Å². The van der Waals surface area contributed by atoms with Gasteiger partial charge < -0.3 is 10.6 Å². The molecular weight excluding hydrogens is 370 g/mol. The van der Waals surface area contributed by atoms with Crippen LogP contribution in [-0.2, 0) is 17.9 Å². The molecule has 4 rings (SSSR count). The molecule has 4 amide bonds. The molecule has 2 heterocycles. The van der Waals surface area contributed by atoms with Crippen LogP contribution in [-0.4, -0.2) is 38.5 Å². The number of aromatic amines is 1. The second kappa shape index (κ2) is 7.69. The number of H-pyrrole nitrogens is 1. The summed E-state index contributed by atoms with van der Waals surface area (Å²) in [5, 5.41) is 12.4.